The minimum absolute atomic E-state index is 0.215. The summed E-state index contributed by atoms with van der Waals surface area (Å²) < 4.78 is 0. The third kappa shape index (κ3) is 2.99. The lowest BCUT2D eigenvalue weighted by Crippen LogP contribution is -2.51. The molecule has 4 heteroatoms. The summed E-state index contributed by atoms with van der Waals surface area (Å²) in [5, 5.41) is 3.31. The predicted octanol–water partition coefficient (Wildman–Crippen LogP) is 0.396. The van der Waals surface area contributed by atoms with Crippen LogP contribution in [0, 0.1) is 11.8 Å². The minimum Gasteiger partial charge on any atom is -0.340 e. The molecule has 0 bridgehead atoms. The maximum Gasteiger partial charge on any atom is 0.227 e. The Bertz CT molecular complexity index is 261. The largest absolute Gasteiger partial charge is 0.340 e. The van der Waals surface area contributed by atoms with Crippen LogP contribution < -0.4 is 5.32 Å². The first-order chi connectivity index (χ1) is 8.22. The number of nitrogens with one attached hydrogen (secondary N) is 1. The molecule has 0 aliphatic carbocycles. The number of carbonyl (C=O) groups excluding carboxylic acids is 1. The molecule has 0 saturated carbocycles. The summed E-state index contributed by atoms with van der Waals surface area (Å²) in [5.74, 6) is 1.09. The van der Waals surface area contributed by atoms with Crippen LogP contribution in [0.2, 0.25) is 0 Å². The van der Waals surface area contributed by atoms with Gasteiger partial charge in [-0.2, -0.15) is 0 Å². The van der Waals surface area contributed by atoms with E-state index in [1.807, 2.05) is 0 Å². The molecular formula is C13H25N3O. The zero-order valence-electron chi connectivity index (χ0n) is 11.1. The molecule has 2 aliphatic rings. The standard InChI is InChI=1S/C13H25N3O/c1-3-4-15-5-7-16(8-6-15)13(17)12-10-14-9-11(12)2/h11-12,14H,3-10H2,1-2H3. The molecule has 2 aliphatic heterocycles. The zero-order chi connectivity index (χ0) is 12.3. The third-order valence-corrected chi connectivity index (χ3v) is 4.06. The maximum absolute atomic E-state index is 12.3. The molecule has 2 fully saturated rings. The maximum atomic E-state index is 12.3. The van der Waals surface area contributed by atoms with Gasteiger partial charge in [-0.3, -0.25) is 9.69 Å². The average Bonchev–Trinajstić information content (AvgIpc) is 2.76. The van der Waals surface area contributed by atoms with Gasteiger partial charge in [-0.15, -0.1) is 0 Å². The minimum atomic E-state index is 0.215. The van der Waals surface area contributed by atoms with E-state index >= 15 is 0 Å². The van der Waals surface area contributed by atoms with Crippen molar-refractivity contribution in [2.45, 2.75) is 20.3 Å². The van der Waals surface area contributed by atoms with E-state index in [4.69, 9.17) is 0 Å². The van der Waals surface area contributed by atoms with Gasteiger partial charge in [-0.05, 0) is 25.4 Å². The van der Waals surface area contributed by atoms with E-state index in [1.54, 1.807) is 0 Å². The fourth-order valence-electron chi connectivity index (χ4n) is 2.88. The van der Waals surface area contributed by atoms with Gasteiger partial charge in [0.1, 0.15) is 0 Å². The summed E-state index contributed by atoms with van der Waals surface area (Å²) in [6, 6.07) is 0. The van der Waals surface area contributed by atoms with Crippen molar-refractivity contribution in [2.75, 3.05) is 45.8 Å². The Kier molecular flexibility index (Phi) is 4.40. The Morgan fingerprint density at radius 3 is 2.47 bits per heavy atom. The van der Waals surface area contributed by atoms with E-state index in [9.17, 15) is 4.79 Å². The molecule has 0 aromatic carbocycles. The highest BCUT2D eigenvalue weighted by atomic mass is 16.2. The molecule has 4 nitrogen and oxygen atoms in total. The van der Waals surface area contributed by atoms with Crippen LogP contribution >= 0.6 is 0 Å². The van der Waals surface area contributed by atoms with Crippen LogP contribution in [-0.2, 0) is 4.79 Å². The van der Waals surface area contributed by atoms with Crippen molar-refractivity contribution < 1.29 is 4.79 Å². The second-order valence-electron chi connectivity index (χ2n) is 5.41. The Morgan fingerprint density at radius 2 is 1.94 bits per heavy atom. The van der Waals surface area contributed by atoms with Crippen LogP contribution in [-0.4, -0.2) is 61.5 Å². The number of piperazine rings is 1. The normalized spacial score (nSPS) is 30.8. The Hall–Kier alpha value is -0.610. The molecule has 0 spiro atoms. The van der Waals surface area contributed by atoms with Crippen LogP contribution in [0.3, 0.4) is 0 Å². The van der Waals surface area contributed by atoms with Crippen LogP contribution in [0.5, 0.6) is 0 Å². The van der Waals surface area contributed by atoms with E-state index in [1.165, 1.54) is 13.0 Å². The van der Waals surface area contributed by atoms with E-state index in [0.29, 0.717) is 11.8 Å². The molecular weight excluding hydrogens is 214 g/mol. The number of carbonyl (C=O) groups is 1. The summed E-state index contributed by atoms with van der Waals surface area (Å²) in [5.41, 5.74) is 0. The second kappa shape index (κ2) is 5.83. The second-order valence-corrected chi connectivity index (χ2v) is 5.41. The average molecular weight is 239 g/mol. The highest BCUT2D eigenvalue weighted by Gasteiger charge is 2.33. The van der Waals surface area contributed by atoms with E-state index in [-0.39, 0.29) is 5.92 Å². The van der Waals surface area contributed by atoms with Gasteiger partial charge >= 0.3 is 0 Å². The lowest BCUT2D eigenvalue weighted by Gasteiger charge is -2.36. The Morgan fingerprint density at radius 1 is 1.24 bits per heavy atom. The van der Waals surface area contributed by atoms with Crippen molar-refractivity contribution in [1.82, 2.24) is 15.1 Å². The van der Waals surface area contributed by atoms with Gasteiger partial charge in [0.2, 0.25) is 5.91 Å². The highest BCUT2D eigenvalue weighted by molar-refractivity contribution is 5.79. The Balaban J connectivity index is 1.82. The van der Waals surface area contributed by atoms with E-state index in [0.717, 1.165) is 39.3 Å². The lowest BCUT2D eigenvalue weighted by molar-refractivity contribution is -0.137. The molecule has 1 amide bonds. The molecule has 17 heavy (non-hydrogen) atoms. The summed E-state index contributed by atoms with van der Waals surface area (Å²) in [6.07, 6.45) is 1.21. The molecule has 98 valence electrons. The van der Waals surface area contributed by atoms with Crippen molar-refractivity contribution in [3.8, 4) is 0 Å². The topological polar surface area (TPSA) is 35.6 Å². The molecule has 2 saturated heterocycles. The van der Waals surface area contributed by atoms with E-state index in [2.05, 4.69) is 29.0 Å². The quantitative estimate of drug-likeness (QED) is 0.774. The van der Waals surface area contributed by atoms with Crippen LogP contribution in [0.25, 0.3) is 0 Å². The molecule has 0 aromatic rings. The summed E-state index contributed by atoms with van der Waals surface area (Å²) >= 11 is 0. The summed E-state index contributed by atoms with van der Waals surface area (Å²) in [7, 11) is 0. The molecule has 2 heterocycles. The van der Waals surface area contributed by atoms with Crippen molar-refractivity contribution in [3.63, 3.8) is 0 Å². The summed E-state index contributed by atoms with van der Waals surface area (Å²) in [4.78, 5) is 16.9. The monoisotopic (exact) mass is 239 g/mol. The molecule has 2 atom stereocenters. The molecule has 0 radical (unpaired) electrons. The first-order valence-electron chi connectivity index (χ1n) is 6.94. The van der Waals surface area contributed by atoms with Gasteiger partial charge in [0.15, 0.2) is 0 Å². The predicted molar refractivity (Wildman–Crippen MR) is 68.8 cm³/mol. The molecule has 2 unspecified atom stereocenters. The fourth-order valence-corrected chi connectivity index (χ4v) is 2.88. The highest BCUT2D eigenvalue weighted by Crippen LogP contribution is 2.19. The van der Waals surface area contributed by atoms with Gasteiger partial charge < -0.3 is 10.2 Å². The van der Waals surface area contributed by atoms with Crippen LogP contribution in [0.4, 0.5) is 0 Å². The number of hydrogen-bond acceptors (Lipinski definition) is 3. The molecule has 0 aromatic heterocycles. The smallest absolute Gasteiger partial charge is 0.227 e. The summed E-state index contributed by atoms with van der Waals surface area (Å²) in [6.45, 7) is 11.4. The van der Waals surface area contributed by atoms with Gasteiger partial charge in [0.25, 0.3) is 0 Å². The molecule has 2 rings (SSSR count). The van der Waals surface area contributed by atoms with Gasteiger partial charge in [0.05, 0.1) is 5.92 Å². The van der Waals surface area contributed by atoms with Crippen LogP contribution in [0.15, 0.2) is 0 Å². The lowest BCUT2D eigenvalue weighted by atomic mass is 9.96. The van der Waals surface area contributed by atoms with Gasteiger partial charge in [-0.1, -0.05) is 13.8 Å². The third-order valence-electron chi connectivity index (χ3n) is 4.06. The fraction of sp³-hybridized carbons (Fsp3) is 0.923. The van der Waals surface area contributed by atoms with Crippen molar-refractivity contribution in [3.05, 3.63) is 0 Å². The van der Waals surface area contributed by atoms with Crippen molar-refractivity contribution in [1.29, 1.82) is 0 Å². The molecule has 1 N–H and O–H groups in total. The van der Waals surface area contributed by atoms with Crippen molar-refractivity contribution >= 4 is 5.91 Å². The zero-order valence-corrected chi connectivity index (χ0v) is 11.1. The number of hydrogen-bond donors (Lipinski definition) is 1. The van der Waals surface area contributed by atoms with E-state index < -0.39 is 0 Å². The SMILES string of the molecule is CCCN1CCN(C(=O)C2CNCC2C)CC1. The van der Waals surface area contributed by atoms with Crippen LogP contribution in [0.1, 0.15) is 20.3 Å². The van der Waals surface area contributed by atoms with Gasteiger partial charge in [-0.25, -0.2) is 0 Å². The first-order valence-corrected chi connectivity index (χ1v) is 6.94. The number of amides is 1. The van der Waals surface area contributed by atoms with Crippen molar-refractivity contribution in [2.24, 2.45) is 11.8 Å². The number of nitrogens with zero attached hydrogens (tertiary/aromatic N) is 2. The first kappa shape index (κ1) is 12.8. The Labute approximate surface area is 104 Å². The van der Waals surface area contributed by atoms with Gasteiger partial charge in [0, 0.05) is 32.7 Å². The number of rotatable bonds is 3.